The van der Waals surface area contributed by atoms with Crippen molar-refractivity contribution in [2.45, 2.75) is 64.7 Å². The van der Waals surface area contributed by atoms with E-state index in [1.807, 2.05) is 0 Å². The van der Waals surface area contributed by atoms with Gasteiger partial charge in [-0.15, -0.1) is 0 Å². The van der Waals surface area contributed by atoms with Gasteiger partial charge in [-0.05, 0) is 36.3 Å². The third-order valence-electron chi connectivity index (χ3n) is 4.63. The lowest BCUT2D eigenvalue weighted by molar-refractivity contribution is 0.250. The highest BCUT2D eigenvalue weighted by molar-refractivity contribution is 5.11. The highest BCUT2D eigenvalue weighted by atomic mass is 19.2. The normalized spacial score (nSPS) is 22.9. The van der Waals surface area contributed by atoms with Gasteiger partial charge in [0.1, 0.15) is 0 Å². The molecule has 1 aliphatic rings. The maximum Gasteiger partial charge on any atom is 0.248 e. The van der Waals surface area contributed by atoms with Gasteiger partial charge in [0.15, 0.2) is 5.82 Å². The van der Waals surface area contributed by atoms with E-state index >= 15 is 0 Å². The Balaban J connectivity index is 1.71. The van der Waals surface area contributed by atoms with E-state index in [2.05, 4.69) is 11.9 Å². The molecule has 0 N–H and O–H groups in total. The zero-order valence-corrected chi connectivity index (χ0v) is 12.4. The van der Waals surface area contributed by atoms with Crippen LogP contribution in [-0.4, -0.2) is 4.98 Å². The van der Waals surface area contributed by atoms with Crippen LogP contribution in [0.15, 0.2) is 12.3 Å². The first-order valence-corrected chi connectivity index (χ1v) is 7.99. The van der Waals surface area contributed by atoms with Crippen LogP contribution in [0, 0.1) is 23.6 Å². The number of pyridine rings is 1. The molecule has 1 nitrogen and oxygen atoms in total. The number of hydrogen-bond donors (Lipinski definition) is 0. The molecular weight excluding hydrogens is 256 g/mol. The first-order valence-electron chi connectivity index (χ1n) is 7.99. The molecule has 1 aromatic rings. The van der Waals surface area contributed by atoms with Gasteiger partial charge in [-0.1, -0.05) is 51.9 Å². The molecule has 0 atom stereocenters. The Hall–Kier alpha value is -0.990. The maximum atomic E-state index is 13.1. The Morgan fingerprint density at radius 1 is 1.10 bits per heavy atom. The van der Waals surface area contributed by atoms with E-state index in [1.54, 1.807) is 0 Å². The first-order chi connectivity index (χ1) is 9.69. The Morgan fingerprint density at radius 3 is 2.35 bits per heavy atom. The van der Waals surface area contributed by atoms with Crippen LogP contribution in [0.4, 0.5) is 8.78 Å². The molecule has 0 aromatic carbocycles. The Bertz CT molecular complexity index is 411. The van der Waals surface area contributed by atoms with Crippen molar-refractivity contribution in [3.05, 3.63) is 29.6 Å². The van der Waals surface area contributed by atoms with E-state index < -0.39 is 11.8 Å². The SMILES string of the molecule is CCCCC1CCC(CCc2cnc(F)c(F)c2)CC1. The summed E-state index contributed by atoms with van der Waals surface area (Å²) < 4.78 is 25.8. The molecule has 112 valence electrons. The summed E-state index contributed by atoms with van der Waals surface area (Å²) in [5.74, 6) is -0.145. The zero-order valence-electron chi connectivity index (χ0n) is 12.4. The molecule has 1 saturated carbocycles. The standard InChI is InChI=1S/C17H25F2N/c1-2-3-4-13-5-7-14(8-6-13)9-10-15-11-16(18)17(19)20-12-15/h11-14H,2-10H2,1H3. The topological polar surface area (TPSA) is 12.9 Å². The average Bonchev–Trinajstić information content (AvgIpc) is 2.47. The van der Waals surface area contributed by atoms with Crippen molar-refractivity contribution in [1.29, 1.82) is 0 Å². The van der Waals surface area contributed by atoms with Crippen molar-refractivity contribution in [1.82, 2.24) is 4.98 Å². The lowest BCUT2D eigenvalue weighted by Gasteiger charge is -2.28. The van der Waals surface area contributed by atoms with Gasteiger partial charge >= 0.3 is 0 Å². The molecular formula is C17H25F2N. The number of unbranched alkanes of at least 4 members (excludes halogenated alkanes) is 1. The van der Waals surface area contributed by atoms with Crippen LogP contribution in [0.2, 0.25) is 0 Å². The van der Waals surface area contributed by atoms with Gasteiger partial charge in [0, 0.05) is 6.20 Å². The number of rotatable bonds is 6. The third kappa shape index (κ3) is 4.53. The molecule has 0 unspecified atom stereocenters. The molecule has 0 amide bonds. The van der Waals surface area contributed by atoms with E-state index in [0.717, 1.165) is 30.2 Å². The van der Waals surface area contributed by atoms with Crippen molar-refractivity contribution in [3.63, 3.8) is 0 Å². The van der Waals surface area contributed by atoms with E-state index in [0.29, 0.717) is 0 Å². The summed E-state index contributed by atoms with van der Waals surface area (Å²) >= 11 is 0. The summed E-state index contributed by atoms with van der Waals surface area (Å²) in [4.78, 5) is 3.45. The molecule has 1 aliphatic carbocycles. The molecule has 1 aromatic heterocycles. The fourth-order valence-electron chi connectivity index (χ4n) is 3.27. The van der Waals surface area contributed by atoms with Crippen LogP contribution in [0.5, 0.6) is 0 Å². The highest BCUT2D eigenvalue weighted by Crippen LogP contribution is 2.34. The molecule has 3 heteroatoms. The molecule has 0 spiro atoms. The first kappa shape index (κ1) is 15.4. The minimum atomic E-state index is -0.995. The second-order valence-electron chi connectivity index (χ2n) is 6.18. The zero-order chi connectivity index (χ0) is 14.4. The van der Waals surface area contributed by atoms with E-state index in [1.165, 1.54) is 57.2 Å². The van der Waals surface area contributed by atoms with Gasteiger partial charge in [0.25, 0.3) is 0 Å². The second-order valence-corrected chi connectivity index (χ2v) is 6.18. The minimum Gasteiger partial charge on any atom is -0.225 e. The van der Waals surface area contributed by atoms with Gasteiger partial charge in [-0.25, -0.2) is 9.37 Å². The van der Waals surface area contributed by atoms with Crippen LogP contribution >= 0.6 is 0 Å². The van der Waals surface area contributed by atoms with Crippen molar-refractivity contribution in [3.8, 4) is 0 Å². The molecule has 0 aliphatic heterocycles. The van der Waals surface area contributed by atoms with E-state index in [-0.39, 0.29) is 0 Å². The van der Waals surface area contributed by atoms with E-state index in [9.17, 15) is 8.78 Å². The third-order valence-corrected chi connectivity index (χ3v) is 4.63. The second kappa shape index (κ2) is 7.70. The van der Waals surface area contributed by atoms with Gasteiger partial charge in [-0.3, -0.25) is 0 Å². The van der Waals surface area contributed by atoms with Gasteiger partial charge in [-0.2, -0.15) is 4.39 Å². The van der Waals surface area contributed by atoms with Crippen molar-refractivity contribution >= 4 is 0 Å². The smallest absolute Gasteiger partial charge is 0.225 e. The molecule has 0 bridgehead atoms. The molecule has 0 radical (unpaired) electrons. The van der Waals surface area contributed by atoms with Crippen LogP contribution in [0.1, 0.15) is 63.9 Å². The van der Waals surface area contributed by atoms with Gasteiger partial charge in [0.05, 0.1) is 0 Å². The summed E-state index contributed by atoms with van der Waals surface area (Å²) in [6.45, 7) is 2.25. The number of halogens is 2. The van der Waals surface area contributed by atoms with Crippen LogP contribution in [-0.2, 0) is 6.42 Å². The number of hydrogen-bond acceptors (Lipinski definition) is 1. The lowest BCUT2D eigenvalue weighted by Crippen LogP contribution is -2.15. The molecule has 20 heavy (non-hydrogen) atoms. The van der Waals surface area contributed by atoms with Crippen LogP contribution in [0.3, 0.4) is 0 Å². The maximum absolute atomic E-state index is 13.1. The van der Waals surface area contributed by atoms with Crippen LogP contribution in [0.25, 0.3) is 0 Å². The van der Waals surface area contributed by atoms with Crippen LogP contribution < -0.4 is 0 Å². The van der Waals surface area contributed by atoms with E-state index in [4.69, 9.17) is 0 Å². The Labute approximate surface area is 120 Å². The molecule has 2 rings (SSSR count). The number of nitrogens with zero attached hydrogens (tertiary/aromatic N) is 1. The average molecular weight is 281 g/mol. The summed E-state index contributed by atoms with van der Waals surface area (Å²) in [7, 11) is 0. The highest BCUT2D eigenvalue weighted by Gasteiger charge is 2.20. The summed E-state index contributed by atoms with van der Waals surface area (Å²) in [6, 6.07) is 1.29. The number of aromatic nitrogens is 1. The van der Waals surface area contributed by atoms with Crippen molar-refractivity contribution < 1.29 is 8.78 Å². The Kier molecular flexibility index (Phi) is 5.93. The monoisotopic (exact) mass is 281 g/mol. The summed E-state index contributed by atoms with van der Waals surface area (Å²) in [5.41, 5.74) is 0.817. The summed E-state index contributed by atoms with van der Waals surface area (Å²) in [6.07, 6.45) is 12.7. The predicted molar refractivity (Wildman–Crippen MR) is 77.4 cm³/mol. The molecule has 1 heterocycles. The fraction of sp³-hybridized carbons (Fsp3) is 0.706. The largest absolute Gasteiger partial charge is 0.248 e. The Morgan fingerprint density at radius 2 is 1.75 bits per heavy atom. The minimum absolute atomic E-state index is 0.751. The summed E-state index contributed by atoms with van der Waals surface area (Å²) in [5, 5.41) is 0. The van der Waals surface area contributed by atoms with Gasteiger partial charge < -0.3 is 0 Å². The molecule has 1 fully saturated rings. The predicted octanol–water partition coefficient (Wildman–Crippen LogP) is 5.29. The number of aryl methyl sites for hydroxylation is 1. The fourth-order valence-corrected chi connectivity index (χ4v) is 3.27. The van der Waals surface area contributed by atoms with Gasteiger partial charge in [0.2, 0.25) is 5.95 Å². The lowest BCUT2D eigenvalue weighted by atomic mass is 9.78. The van der Waals surface area contributed by atoms with Crippen molar-refractivity contribution in [2.24, 2.45) is 11.8 Å². The molecule has 0 saturated heterocycles. The quantitative estimate of drug-likeness (QED) is 0.646. The van der Waals surface area contributed by atoms with Crippen molar-refractivity contribution in [2.75, 3.05) is 0 Å².